The summed E-state index contributed by atoms with van der Waals surface area (Å²) >= 11 is 6.18. The van der Waals surface area contributed by atoms with Gasteiger partial charge >= 0.3 is 7.12 Å². The third kappa shape index (κ3) is 4.99. The molecule has 3 aromatic carbocycles. The molecule has 0 bridgehead atoms. The minimum Gasteiger partial charge on any atom is -0.399 e. The number of hydrogen-bond donors (Lipinski definition) is 0. The van der Waals surface area contributed by atoms with Crippen molar-refractivity contribution in [2.45, 2.75) is 38.4 Å². The van der Waals surface area contributed by atoms with Gasteiger partial charge in [0.1, 0.15) is 0 Å². The molecule has 188 valence electrons. The molecule has 0 N–H and O–H groups in total. The largest absolute Gasteiger partial charge is 0.495 e. The standard InChI is InChI=1S/C27H22BClF3N3O2/c1-26(2)27(3,37-28(36-26)19-13-20(30)22(32)21(31)14-19)15-16-9-11-18(12-10-16)24-33-23(34-25(29)35-24)17-7-5-4-6-8-17/h4-14H,15H2,1-3H3. The maximum absolute atomic E-state index is 13.8. The van der Waals surface area contributed by atoms with E-state index in [4.69, 9.17) is 20.9 Å². The maximum Gasteiger partial charge on any atom is 0.495 e. The Bertz CT molecular complexity index is 1430. The second kappa shape index (κ2) is 9.56. The van der Waals surface area contributed by atoms with E-state index >= 15 is 0 Å². The summed E-state index contributed by atoms with van der Waals surface area (Å²) in [4.78, 5) is 13.1. The molecule has 1 unspecified atom stereocenters. The molecule has 5 nitrogen and oxygen atoms in total. The van der Waals surface area contributed by atoms with E-state index < -0.39 is 35.8 Å². The molecule has 5 rings (SSSR count). The summed E-state index contributed by atoms with van der Waals surface area (Å²) in [7, 11) is -1.05. The zero-order valence-electron chi connectivity index (χ0n) is 20.3. The molecule has 1 aliphatic heterocycles. The topological polar surface area (TPSA) is 57.1 Å². The van der Waals surface area contributed by atoms with Crippen molar-refractivity contribution in [3.63, 3.8) is 0 Å². The molecule has 2 heterocycles. The Morgan fingerprint density at radius 3 is 1.95 bits per heavy atom. The Balaban J connectivity index is 1.37. The van der Waals surface area contributed by atoms with E-state index in [1.165, 1.54) is 0 Å². The van der Waals surface area contributed by atoms with Crippen LogP contribution in [0.15, 0.2) is 66.7 Å². The normalized spacial score (nSPS) is 18.8. The Labute approximate surface area is 217 Å². The SMILES string of the molecule is CC1(C)OB(c2cc(F)c(F)c(F)c2)OC1(C)Cc1ccc(-c2nc(Cl)nc(-c3ccccc3)n2)cc1. The van der Waals surface area contributed by atoms with Crippen LogP contribution in [-0.4, -0.2) is 33.3 Å². The van der Waals surface area contributed by atoms with E-state index in [2.05, 4.69) is 15.0 Å². The zero-order chi connectivity index (χ0) is 26.4. The van der Waals surface area contributed by atoms with E-state index in [1.807, 2.05) is 75.4 Å². The van der Waals surface area contributed by atoms with Gasteiger partial charge in [-0.2, -0.15) is 9.97 Å². The maximum atomic E-state index is 13.8. The molecule has 37 heavy (non-hydrogen) atoms. The van der Waals surface area contributed by atoms with Crippen LogP contribution < -0.4 is 5.46 Å². The van der Waals surface area contributed by atoms with Crippen molar-refractivity contribution in [2.24, 2.45) is 0 Å². The average Bonchev–Trinajstić information content (AvgIpc) is 3.11. The van der Waals surface area contributed by atoms with Crippen LogP contribution in [0.3, 0.4) is 0 Å². The van der Waals surface area contributed by atoms with E-state index in [0.29, 0.717) is 18.1 Å². The van der Waals surface area contributed by atoms with Crippen molar-refractivity contribution in [3.8, 4) is 22.8 Å². The first-order valence-corrected chi connectivity index (χ1v) is 12.0. The van der Waals surface area contributed by atoms with Gasteiger partial charge in [-0.1, -0.05) is 54.6 Å². The number of benzene rings is 3. The summed E-state index contributed by atoms with van der Waals surface area (Å²) in [5.74, 6) is -3.20. The lowest BCUT2D eigenvalue weighted by atomic mass is 9.79. The zero-order valence-corrected chi connectivity index (χ0v) is 21.1. The Morgan fingerprint density at radius 1 is 0.784 bits per heavy atom. The Morgan fingerprint density at radius 2 is 1.35 bits per heavy atom. The molecular formula is C27H22BClF3N3O2. The van der Waals surface area contributed by atoms with Crippen LogP contribution in [0.2, 0.25) is 5.28 Å². The highest BCUT2D eigenvalue weighted by Crippen LogP contribution is 2.40. The lowest BCUT2D eigenvalue weighted by Gasteiger charge is -2.36. The molecule has 1 atom stereocenters. The number of rotatable bonds is 5. The van der Waals surface area contributed by atoms with Gasteiger partial charge in [-0.25, -0.2) is 18.2 Å². The number of aromatic nitrogens is 3. The predicted octanol–water partition coefficient (Wildman–Crippen LogP) is 5.80. The number of halogens is 4. The molecular weight excluding hydrogens is 502 g/mol. The Hall–Kier alpha value is -3.27. The van der Waals surface area contributed by atoms with Crippen molar-refractivity contribution < 1.29 is 22.5 Å². The summed E-state index contributed by atoms with van der Waals surface area (Å²) in [5, 5.41) is 0.0957. The van der Waals surface area contributed by atoms with E-state index in [1.54, 1.807) is 0 Å². The van der Waals surface area contributed by atoms with Crippen LogP contribution in [0, 0.1) is 17.5 Å². The minimum absolute atomic E-state index is 0.0736. The predicted molar refractivity (Wildman–Crippen MR) is 136 cm³/mol. The van der Waals surface area contributed by atoms with Gasteiger partial charge < -0.3 is 9.31 Å². The lowest BCUT2D eigenvalue weighted by Crippen LogP contribution is -2.46. The van der Waals surface area contributed by atoms with E-state index in [0.717, 1.165) is 28.8 Å². The fraction of sp³-hybridized carbons (Fsp3) is 0.222. The molecule has 10 heteroatoms. The molecule has 1 fully saturated rings. The molecule has 0 saturated carbocycles. The third-order valence-electron chi connectivity index (χ3n) is 6.71. The molecule has 1 saturated heterocycles. The van der Waals surface area contributed by atoms with Crippen LogP contribution >= 0.6 is 11.6 Å². The second-order valence-electron chi connectivity index (χ2n) is 9.60. The van der Waals surface area contributed by atoms with Gasteiger partial charge in [0.05, 0.1) is 11.2 Å². The van der Waals surface area contributed by atoms with Crippen molar-refractivity contribution in [1.82, 2.24) is 15.0 Å². The van der Waals surface area contributed by atoms with Crippen molar-refractivity contribution in [2.75, 3.05) is 0 Å². The highest BCUT2D eigenvalue weighted by Gasteiger charge is 2.54. The molecule has 0 spiro atoms. The van der Waals surface area contributed by atoms with Gasteiger partial charge in [0, 0.05) is 17.5 Å². The monoisotopic (exact) mass is 523 g/mol. The smallest absolute Gasteiger partial charge is 0.399 e. The molecule has 1 aromatic heterocycles. The molecule has 0 amide bonds. The summed E-state index contributed by atoms with van der Waals surface area (Å²) in [6, 6.07) is 18.9. The van der Waals surface area contributed by atoms with Crippen LogP contribution in [0.25, 0.3) is 22.8 Å². The van der Waals surface area contributed by atoms with Gasteiger partial charge in [0.2, 0.25) is 5.28 Å². The number of hydrogen-bond acceptors (Lipinski definition) is 5. The molecule has 1 aliphatic rings. The summed E-state index contributed by atoms with van der Waals surface area (Å²) in [5.41, 5.74) is 0.927. The first kappa shape index (κ1) is 25.4. The number of nitrogens with zero attached hydrogens (tertiary/aromatic N) is 3. The van der Waals surface area contributed by atoms with Crippen LogP contribution in [0.4, 0.5) is 13.2 Å². The van der Waals surface area contributed by atoms with Crippen molar-refractivity contribution in [1.29, 1.82) is 0 Å². The van der Waals surface area contributed by atoms with Crippen LogP contribution in [-0.2, 0) is 15.7 Å². The van der Waals surface area contributed by atoms with E-state index in [-0.39, 0.29) is 10.7 Å². The van der Waals surface area contributed by atoms with Gasteiger partial charge in [-0.3, -0.25) is 0 Å². The van der Waals surface area contributed by atoms with Crippen LogP contribution in [0.5, 0.6) is 0 Å². The minimum atomic E-state index is -1.53. The van der Waals surface area contributed by atoms with Crippen molar-refractivity contribution >= 4 is 24.2 Å². The average molecular weight is 524 g/mol. The molecule has 0 aliphatic carbocycles. The summed E-state index contributed by atoms with van der Waals surface area (Å²) < 4.78 is 53.2. The molecule has 4 aromatic rings. The first-order chi connectivity index (χ1) is 17.5. The highest BCUT2D eigenvalue weighted by atomic mass is 35.5. The van der Waals surface area contributed by atoms with Crippen molar-refractivity contribution in [3.05, 3.63) is 95.0 Å². The molecule has 0 radical (unpaired) electrons. The fourth-order valence-electron chi connectivity index (χ4n) is 4.25. The lowest BCUT2D eigenvalue weighted by molar-refractivity contribution is -0.00876. The van der Waals surface area contributed by atoms with Gasteiger partial charge in [-0.05, 0) is 55.5 Å². The van der Waals surface area contributed by atoms with E-state index in [9.17, 15) is 13.2 Å². The Kier molecular flexibility index (Phi) is 6.56. The quantitative estimate of drug-likeness (QED) is 0.245. The summed E-state index contributed by atoms with van der Waals surface area (Å²) in [6.07, 6.45) is 0.441. The highest BCUT2D eigenvalue weighted by molar-refractivity contribution is 6.62. The van der Waals surface area contributed by atoms with Gasteiger partial charge in [-0.15, -0.1) is 0 Å². The first-order valence-electron chi connectivity index (χ1n) is 11.6. The van der Waals surface area contributed by atoms with Crippen LogP contribution in [0.1, 0.15) is 26.3 Å². The summed E-state index contributed by atoms with van der Waals surface area (Å²) in [6.45, 7) is 5.56. The van der Waals surface area contributed by atoms with Gasteiger partial charge in [0.15, 0.2) is 29.1 Å². The third-order valence-corrected chi connectivity index (χ3v) is 6.88. The fourth-order valence-corrected chi connectivity index (χ4v) is 4.41. The second-order valence-corrected chi connectivity index (χ2v) is 9.94. The van der Waals surface area contributed by atoms with Gasteiger partial charge in [0.25, 0.3) is 0 Å².